The van der Waals surface area contributed by atoms with Gasteiger partial charge in [0.2, 0.25) is 0 Å². The molecule has 112 valence electrons. The van der Waals surface area contributed by atoms with E-state index in [2.05, 4.69) is 5.32 Å². The SMILES string of the molecule is CCNC(Cc1ccc(F)cc1Cl)C1CCS(=O)(=O)C1. The van der Waals surface area contributed by atoms with Crippen LogP contribution in [0.15, 0.2) is 18.2 Å². The van der Waals surface area contributed by atoms with Crippen molar-refractivity contribution in [2.24, 2.45) is 5.92 Å². The van der Waals surface area contributed by atoms with Crippen LogP contribution in [0.3, 0.4) is 0 Å². The highest BCUT2D eigenvalue weighted by molar-refractivity contribution is 7.91. The van der Waals surface area contributed by atoms with Crippen molar-refractivity contribution in [1.29, 1.82) is 0 Å². The lowest BCUT2D eigenvalue weighted by molar-refractivity contribution is 0.386. The molecule has 0 radical (unpaired) electrons. The fourth-order valence-electron chi connectivity index (χ4n) is 2.73. The van der Waals surface area contributed by atoms with E-state index in [9.17, 15) is 12.8 Å². The molecule has 1 saturated heterocycles. The molecule has 1 aliphatic rings. The van der Waals surface area contributed by atoms with Gasteiger partial charge in [-0.15, -0.1) is 0 Å². The summed E-state index contributed by atoms with van der Waals surface area (Å²) in [4.78, 5) is 0. The Morgan fingerprint density at radius 1 is 1.50 bits per heavy atom. The van der Waals surface area contributed by atoms with Gasteiger partial charge in [0.05, 0.1) is 11.5 Å². The highest BCUT2D eigenvalue weighted by atomic mass is 35.5. The van der Waals surface area contributed by atoms with E-state index in [1.165, 1.54) is 12.1 Å². The van der Waals surface area contributed by atoms with Crippen LogP contribution in [0.1, 0.15) is 18.9 Å². The Bertz CT molecular complexity index is 577. The molecule has 1 heterocycles. The summed E-state index contributed by atoms with van der Waals surface area (Å²) < 4.78 is 36.3. The predicted molar refractivity (Wildman–Crippen MR) is 79.3 cm³/mol. The molecular weight excluding hydrogens is 301 g/mol. The van der Waals surface area contributed by atoms with Crippen LogP contribution < -0.4 is 5.32 Å². The minimum Gasteiger partial charge on any atom is -0.314 e. The number of hydrogen-bond acceptors (Lipinski definition) is 3. The molecule has 2 unspecified atom stereocenters. The molecule has 1 aromatic carbocycles. The minimum atomic E-state index is -2.90. The first-order chi connectivity index (χ1) is 9.41. The van der Waals surface area contributed by atoms with Crippen molar-refractivity contribution >= 4 is 21.4 Å². The normalized spacial score (nSPS) is 22.9. The lowest BCUT2D eigenvalue weighted by Crippen LogP contribution is -2.38. The summed E-state index contributed by atoms with van der Waals surface area (Å²) in [5.41, 5.74) is 0.850. The van der Waals surface area contributed by atoms with Crippen molar-refractivity contribution in [3.05, 3.63) is 34.6 Å². The summed E-state index contributed by atoms with van der Waals surface area (Å²) in [7, 11) is -2.90. The quantitative estimate of drug-likeness (QED) is 0.906. The van der Waals surface area contributed by atoms with Crippen molar-refractivity contribution in [3.63, 3.8) is 0 Å². The van der Waals surface area contributed by atoms with Crippen LogP contribution in [0.2, 0.25) is 5.02 Å². The second-order valence-corrected chi connectivity index (χ2v) is 7.90. The topological polar surface area (TPSA) is 46.2 Å². The van der Waals surface area contributed by atoms with Crippen LogP contribution in [0.4, 0.5) is 4.39 Å². The first kappa shape index (κ1) is 15.7. The van der Waals surface area contributed by atoms with Gasteiger partial charge in [0, 0.05) is 11.1 Å². The first-order valence-electron chi connectivity index (χ1n) is 6.79. The third kappa shape index (κ3) is 3.93. The zero-order valence-corrected chi connectivity index (χ0v) is 13.0. The molecule has 0 aliphatic carbocycles. The van der Waals surface area contributed by atoms with Gasteiger partial charge in [-0.25, -0.2) is 12.8 Å². The van der Waals surface area contributed by atoms with E-state index in [4.69, 9.17) is 11.6 Å². The summed E-state index contributed by atoms with van der Waals surface area (Å²) in [6, 6.07) is 4.41. The van der Waals surface area contributed by atoms with E-state index < -0.39 is 9.84 Å². The van der Waals surface area contributed by atoms with Crippen molar-refractivity contribution < 1.29 is 12.8 Å². The van der Waals surface area contributed by atoms with Gasteiger partial charge in [0.15, 0.2) is 9.84 Å². The standard InChI is InChI=1S/C14H19ClFNO2S/c1-2-17-14(11-5-6-20(18,19)9-11)7-10-3-4-12(16)8-13(10)15/h3-4,8,11,14,17H,2,5-7,9H2,1H3. The summed E-state index contributed by atoms with van der Waals surface area (Å²) in [6.45, 7) is 2.75. The van der Waals surface area contributed by atoms with Gasteiger partial charge >= 0.3 is 0 Å². The summed E-state index contributed by atoms with van der Waals surface area (Å²) >= 11 is 6.05. The molecule has 0 saturated carbocycles. The summed E-state index contributed by atoms with van der Waals surface area (Å²) in [6.07, 6.45) is 1.30. The molecule has 1 fully saturated rings. The van der Waals surface area contributed by atoms with Crippen LogP contribution in [-0.2, 0) is 16.3 Å². The van der Waals surface area contributed by atoms with Gasteiger partial charge in [-0.1, -0.05) is 24.6 Å². The Morgan fingerprint density at radius 3 is 2.80 bits per heavy atom. The van der Waals surface area contributed by atoms with Gasteiger partial charge in [-0.3, -0.25) is 0 Å². The van der Waals surface area contributed by atoms with Crippen molar-refractivity contribution in [2.45, 2.75) is 25.8 Å². The van der Waals surface area contributed by atoms with Gasteiger partial charge in [0.1, 0.15) is 5.82 Å². The Labute approximate surface area is 124 Å². The largest absolute Gasteiger partial charge is 0.314 e. The molecule has 1 aliphatic heterocycles. The van der Waals surface area contributed by atoms with Gasteiger partial charge in [0.25, 0.3) is 0 Å². The minimum absolute atomic E-state index is 0.0558. The number of halogens is 2. The molecule has 1 N–H and O–H groups in total. The van der Waals surface area contributed by atoms with Crippen molar-refractivity contribution in [2.75, 3.05) is 18.1 Å². The average Bonchev–Trinajstić information content (AvgIpc) is 2.72. The van der Waals surface area contributed by atoms with Crippen LogP contribution in [0.5, 0.6) is 0 Å². The van der Waals surface area contributed by atoms with E-state index in [1.807, 2.05) is 6.92 Å². The molecule has 0 amide bonds. The molecule has 3 nitrogen and oxygen atoms in total. The smallest absolute Gasteiger partial charge is 0.150 e. The lowest BCUT2D eigenvalue weighted by Gasteiger charge is -2.24. The third-order valence-electron chi connectivity index (χ3n) is 3.76. The number of hydrogen-bond donors (Lipinski definition) is 1. The van der Waals surface area contributed by atoms with Crippen LogP contribution in [0.25, 0.3) is 0 Å². The zero-order valence-electron chi connectivity index (χ0n) is 11.4. The number of rotatable bonds is 5. The Hall–Kier alpha value is -0.650. The maximum absolute atomic E-state index is 13.1. The number of benzene rings is 1. The highest BCUT2D eigenvalue weighted by Crippen LogP contribution is 2.26. The van der Waals surface area contributed by atoms with E-state index in [1.54, 1.807) is 6.07 Å². The molecular formula is C14H19ClFNO2S. The Balaban J connectivity index is 2.13. The summed E-state index contributed by atoms with van der Waals surface area (Å²) in [5, 5.41) is 3.73. The molecule has 0 aromatic heterocycles. The van der Waals surface area contributed by atoms with Crippen LogP contribution in [0, 0.1) is 11.7 Å². The van der Waals surface area contributed by atoms with E-state index >= 15 is 0 Å². The lowest BCUT2D eigenvalue weighted by atomic mass is 9.93. The number of likely N-dealkylation sites (N-methyl/N-ethyl adjacent to an activating group) is 1. The molecule has 0 bridgehead atoms. The highest BCUT2D eigenvalue weighted by Gasteiger charge is 2.33. The zero-order chi connectivity index (χ0) is 14.8. The number of nitrogens with one attached hydrogen (secondary N) is 1. The molecule has 1 aromatic rings. The molecule has 6 heteroatoms. The van der Waals surface area contributed by atoms with E-state index in [0.29, 0.717) is 17.9 Å². The van der Waals surface area contributed by atoms with Crippen LogP contribution >= 0.6 is 11.6 Å². The Kier molecular flexibility index (Phi) is 5.04. The monoisotopic (exact) mass is 319 g/mol. The fraction of sp³-hybridized carbons (Fsp3) is 0.571. The molecule has 0 spiro atoms. The van der Waals surface area contributed by atoms with Crippen LogP contribution in [-0.4, -0.2) is 32.5 Å². The molecule has 2 rings (SSSR count). The molecule has 2 atom stereocenters. The number of sulfone groups is 1. The van der Waals surface area contributed by atoms with Crippen molar-refractivity contribution in [1.82, 2.24) is 5.32 Å². The van der Waals surface area contributed by atoms with Crippen molar-refractivity contribution in [3.8, 4) is 0 Å². The third-order valence-corrected chi connectivity index (χ3v) is 5.90. The van der Waals surface area contributed by atoms with Gasteiger partial charge in [-0.05, 0) is 43.0 Å². The maximum atomic E-state index is 13.1. The van der Waals surface area contributed by atoms with Gasteiger partial charge in [-0.2, -0.15) is 0 Å². The average molecular weight is 320 g/mol. The maximum Gasteiger partial charge on any atom is 0.150 e. The first-order valence-corrected chi connectivity index (χ1v) is 8.99. The van der Waals surface area contributed by atoms with E-state index in [0.717, 1.165) is 12.1 Å². The Morgan fingerprint density at radius 2 is 2.25 bits per heavy atom. The fourth-order valence-corrected chi connectivity index (χ4v) is 4.86. The predicted octanol–water partition coefficient (Wildman–Crippen LogP) is 2.43. The second kappa shape index (κ2) is 6.41. The van der Waals surface area contributed by atoms with Gasteiger partial charge < -0.3 is 5.32 Å². The molecule has 20 heavy (non-hydrogen) atoms. The second-order valence-electron chi connectivity index (χ2n) is 5.27. The van der Waals surface area contributed by atoms with E-state index in [-0.39, 0.29) is 29.3 Å². The summed E-state index contributed by atoms with van der Waals surface area (Å²) in [5.74, 6) is 0.225.